The fraction of sp³-hybridized carbons (Fsp3) is 0. The van der Waals surface area contributed by atoms with E-state index in [9.17, 15) is 0 Å². The Kier molecular flexibility index (Phi) is 0.918. The zero-order chi connectivity index (χ0) is 5.98. The summed E-state index contributed by atoms with van der Waals surface area (Å²) < 4.78 is 0. The molecule has 0 aliphatic heterocycles. The van der Waals surface area contributed by atoms with Crippen LogP contribution in [-0.2, 0) is 0 Å². The molecular formula is C2H4N6. The SMILES string of the molecule is Nc1nnc(N)nn1. The molecule has 6 heteroatoms. The lowest BCUT2D eigenvalue weighted by Gasteiger charge is -1.85. The van der Waals surface area contributed by atoms with Gasteiger partial charge < -0.3 is 11.5 Å². The van der Waals surface area contributed by atoms with Crippen molar-refractivity contribution >= 4 is 11.9 Å². The molecule has 8 heavy (non-hydrogen) atoms. The third-order valence-corrected chi connectivity index (χ3v) is 0.510. The summed E-state index contributed by atoms with van der Waals surface area (Å²) in [6.45, 7) is 0. The lowest BCUT2D eigenvalue weighted by Crippen LogP contribution is -2.03. The van der Waals surface area contributed by atoms with Crippen LogP contribution >= 0.6 is 0 Å². The number of hydrogen-bond donors (Lipinski definition) is 2. The van der Waals surface area contributed by atoms with Gasteiger partial charge in [-0.05, 0) is 0 Å². The van der Waals surface area contributed by atoms with Crippen LogP contribution in [0.15, 0.2) is 0 Å². The molecule has 0 saturated heterocycles. The van der Waals surface area contributed by atoms with E-state index in [1.807, 2.05) is 0 Å². The summed E-state index contributed by atoms with van der Waals surface area (Å²) in [5.41, 5.74) is 10.0. The maximum Gasteiger partial charge on any atom is 0.259 e. The topological polar surface area (TPSA) is 104 Å². The fourth-order valence-corrected chi connectivity index (χ4v) is 0.245. The predicted molar refractivity (Wildman–Crippen MR) is 26.4 cm³/mol. The monoisotopic (exact) mass is 112 g/mol. The number of anilines is 2. The van der Waals surface area contributed by atoms with Gasteiger partial charge in [-0.15, -0.1) is 20.4 Å². The summed E-state index contributed by atoms with van der Waals surface area (Å²) in [5.74, 6) is 0.0541. The van der Waals surface area contributed by atoms with E-state index < -0.39 is 0 Å². The molecule has 0 spiro atoms. The van der Waals surface area contributed by atoms with Crippen molar-refractivity contribution in [3.63, 3.8) is 0 Å². The molecule has 0 aliphatic rings. The summed E-state index contributed by atoms with van der Waals surface area (Å²) in [6, 6.07) is 0. The molecule has 1 heterocycles. The predicted octanol–water partition coefficient (Wildman–Crippen LogP) is -1.57. The normalized spacial score (nSPS) is 9.00. The maximum atomic E-state index is 5.02. The van der Waals surface area contributed by atoms with Gasteiger partial charge in [-0.25, -0.2) is 0 Å². The average molecular weight is 112 g/mol. The highest BCUT2D eigenvalue weighted by molar-refractivity contribution is 5.14. The summed E-state index contributed by atoms with van der Waals surface area (Å²) in [4.78, 5) is 0. The van der Waals surface area contributed by atoms with E-state index >= 15 is 0 Å². The number of aromatic nitrogens is 4. The van der Waals surface area contributed by atoms with Gasteiger partial charge in [-0.1, -0.05) is 0 Å². The molecule has 0 atom stereocenters. The first-order chi connectivity index (χ1) is 3.79. The number of nitrogens with zero attached hydrogens (tertiary/aromatic N) is 4. The van der Waals surface area contributed by atoms with Gasteiger partial charge in [0, 0.05) is 0 Å². The molecule has 0 amide bonds. The molecule has 0 saturated carbocycles. The van der Waals surface area contributed by atoms with Gasteiger partial charge in [-0.2, -0.15) is 0 Å². The largest absolute Gasteiger partial charge is 0.365 e. The summed E-state index contributed by atoms with van der Waals surface area (Å²) in [6.07, 6.45) is 0. The minimum absolute atomic E-state index is 0.0270. The Labute approximate surface area is 44.9 Å². The van der Waals surface area contributed by atoms with E-state index in [4.69, 9.17) is 11.5 Å². The molecule has 0 radical (unpaired) electrons. The zero-order valence-electron chi connectivity index (χ0n) is 3.94. The van der Waals surface area contributed by atoms with E-state index in [0.717, 1.165) is 0 Å². The van der Waals surface area contributed by atoms with Crippen LogP contribution in [0, 0.1) is 0 Å². The van der Waals surface area contributed by atoms with Crippen molar-refractivity contribution in [2.45, 2.75) is 0 Å². The standard InChI is InChI=1S/C2H4N6/c3-1-5-7-2(4)8-6-1/h(H2,3,5,6)(H2,4,7,8). The lowest BCUT2D eigenvalue weighted by molar-refractivity contribution is 0.886. The minimum atomic E-state index is 0.0270. The maximum absolute atomic E-state index is 5.02. The number of hydrogen-bond acceptors (Lipinski definition) is 6. The third-order valence-electron chi connectivity index (χ3n) is 0.510. The van der Waals surface area contributed by atoms with Gasteiger partial charge in [0.25, 0.3) is 11.9 Å². The Balaban J connectivity index is 3.03. The Morgan fingerprint density at radius 2 is 1.00 bits per heavy atom. The second kappa shape index (κ2) is 1.57. The van der Waals surface area contributed by atoms with Crippen molar-refractivity contribution in [1.82, 2.24) is 20.4 Å². The van der Waals surface area contributed by atoms with Crippen LogP contribution in [0.2, 0.25) is 0 Å². The lowest BCUT2D eigenvalue weighted by atomic mass is 11.1. The van der Waals surface area contributed by atoms with Crippen molar-refractivity contribution in [3.8, 4) is 0 Å². The van der Waals surface area contributed by atoms with Crippen LogP contribution < -0.4 is 11.5 Å². The Hall–Kier alpha value is -1.46. The van der Waals surface area contributed by atoms with Crippen molar-refractivity contribution in [1.29, 1.82) is 0 Å². The third kappa shape index (κ3) is 0.780. The quantitative estimate of drug-likeness (QED) is 0.420. The van der Waals surface area contributed by atoms with E-state index in [0.29, 0.717) is 0 Å². The fourth-order valence-electron chi connectivity index (χ4n) is 0.245. The Morgan fingerprint density at radius 1 is 0.750 bits per heavy atom. The summed E-state index contributed by atoms with van der Waals surface area (Å²) in [7, 11) is 0. The van der Waals surface area contributed by atoms with Crippen molar-refractivity contribution in [2.24, 2.45) is 0 Å². The average Bonchev–Trinajstić information content (AvgIpc) is 1.77. The second-order valence-electron chi connectivity index (χ2n) is 1.12. The molecule has 1 aromatic rings. The van der Waals surface area contributed by atoms with E-state index in [-0.39, 0.29) is 11.9 Å². The van der Waals surface area contributed by atoms with Crippen LogP contribution in [0.4, 0.5) is 11.9 Å². The Morgan fingerprint density at radius 3 is 1.25 bits per heavy atom. The van der Waals surface area contributed by atoms with E-state index in [1.54, 1.807) is 0 Å². The van der Waals surface area contributed by atoms with Crippen molar-refractivity contribution in [3.05, 3.63) is 0 Å². The highest BCUT2D eigenvalue weighted by Crippen LogP contribution is 1.82. The van der Waals surface area contributed by atoms with E-state index in [2.05, 4.69) is 20.4 Å². The molecule has 4 N–H and O–H groups in total. The van der Waals surface area contributed by atoms with Crippen LogP contribution in [-0.4, -0.2) is 20.4 Å². The first-order valence-corrected chi connectivity index (χ1v) is 1.87. The van der Waals surface area contributed by atoms with Crippen LogP contribution in [0.3, 0.4) is 0 Å². The molecule has 42 valence electrons. The van der Waals surface area contributed by atoms with Crippen LogP contribution in [0.5, 0.6) is 0 Å². The summed E-state index contributed by atoms with van der Waals surface area (Å²) >= 11 is 0. The Bertz CT molecular complexity index is 145. The minimum Gasteiger partial charge on any atom is -0.365 e. The highest BCUT2D eigenvalue weighted by atomic mass is 15.3. The smallest absolute Gasteiger partial charge is 0.259 e. The molecule has 0 fully saturated rings. The molecule has 0 aromatic carbocycles. The molecule has 6 nitrogen and oxygen atoms in total. The second-order valence-corrected chi connectivity index (χ2v) is 1.12. The van der Waals surface area contributed by atoms with Gasteiger partial charge in [-0.3, -0.25) is 0 Å². The van der Waals surface area contributed by atoms with Gasteiger partial charge in [0.05, 0.1) is 0 Å². The van der Waals surface area contributed by atoms with E-state index in [1.165, 1.54) is 0 Å². The molecule has 0 bridgehead atoms. The number of nitrogens with two attached hydrogens (primary N) is 2. The first-order valence-electron chi connectivity index (χ1n) is 1.87. The molecule has 1 aromatic heterocycles. The van der Waals surface area contributed by atoms with Gasteiger partial charge >= 0.3 is 0 Å². The van der Waals surface area contributed by atoms with Crippen molar-refractivity contribution < 1.29 is 0 Å². The zero-order valence-corrected chi connectivity index (χ0v) is 3.94. The van der Waals surface area contributed by atoms with Crippen molar-refractivity contribution in [2.75, 3.05) is 11.5 Å². The summed E-state index contributed by atoms with van der Waals surface area (Å²) in [5, 5.41) is 13.2. The van der Waals surface area contributed by atoms with Gasteiger partial charge in [0.15, 0.2) is 0 Å². The molecule has 0 unspecified atom stereocenters. The number of rotatable bonds is 0. The highest BCUT2D eigenvalue weighted by Gasteiger charge is 1.87. The molecule has 1 rings (SSSR count). The van der Waals surface area contributed by atoms with Crippen LogP contribution in [0.25, 0.3) is 0 Å². The number of nitrogen functional groups attached to an aromatic ring is 2. The molecule has 0 aliphatic carbocycles. The van der Waals surface area contributed by atoms with Gasteiger partial charge in [0.2, 0.25) is 0 Å². The molecular weight excluding hydrogens is 108 g/mol. The first kappa shape index (κ1) is 4.69. The van der Waals surface area contributed by atoms with Crippen LogP contribution in [0.1, 0.15) is 0 Å². The van der Waals surface area contributed by atoms with Gasteiger partial charge in [0.1, 0.15) is 0 Å².